The Labute approximate surface area is 196 Å². The Morgan fingerprint density at radius 2 is 1.97 bits per heavy atom. The van der Waals surface area contributed by atoms with E-state index in [0.717, 1.165) is 35.0 Å². The number of carbonyl (C=O) groups excluding carboxylic acids is 1. The molecule has 1 fully saturated rings. The lowest BCUT2D eigenvalue weighted by Gasteiger charge is -2.31. The van der Waals surface area contributed by atoms with E-state index in [1.807, 2.05) is 6.92 Å². The third-order valence-corrected chi connectivity index (χ3v) is 8.75. The maximum absolute atomic E-state index is 13.6. The van der Waals surface area contributed by atoms with E-state index in [9.17, 15) is 26.4 Å². The summed E-state index contributed by atoms with van der Waals surface area (Å²) in [5.74, 6) is -0.464. The first-order valence-electron chi connectivity index (χ1n) is 11.2. The summed E-state index contributed by atoms with van der Waals surface area (Å²) in [6.45, 7) is 4.80. The molecular formula is C23H28F3N3O4S. The monoisotopic (exact) mass is 499 g/mol. The summed E-state index contributed by atoms with van der Waals surface area (Å²) in [6, 6.07) is 2.56. The molecule has 1 aromatic carbocycles. The van der Waals surface area contributed by atoms with E-state index in [2.05, 4.69) is 5.10 Å². The SMILES string of the molecule is CC(=O)OC(C)n1ncc2c1CCCC2N(C)S(=O)(=O)c1cc(C(F)(F)F)cc(C2(C)CC2)c1. The van der Waals surface area contributed by atoms with Crippen molar-refractivity contribution in [1.82, 2.24) is 14.1 Å². The summed E-state index contributed by atoms with van der Waals surface area (Å²) in [6.07, 6.45) is -0.555. The quantitative estimate of drug-likeness (QED) is 0.537. The van der Waals surface area contributed by atoms with Crippen LogP contribution in [0.15, 0.2) is 29.3 Å². The van der Waals surface area contributed by atoms with Crippen LogP contribution in [-0.4, -0.2) is 35.5 Å². The van der Waals surface area contributed by atoms with Gasteiger partial charge in [-0.3, -0.25) is 4.79 Å². The molecule has 2 aromatic rings. The minimum absolute atomic E-state index is 0.360. The highest BCUT2D eigenvalue weighted by Gasteiger charge is 2.43. The normalized spacial score (nSPS) is 20.6. The molecule has 1 saturated carbocycles. The fourth-order valence-corrected chi connectivity index (χ4v) is 6.05. The molecule has 4 rings (SSSR count). The Balaban J connectivity index is 1.72. The number of hydrogen-bond donors (Lipinski definition) is 0. The van der Waals surface area contributed by atoms with Gasteiger partial charge in [-0.25, -0.2) is 13.1 Å². The number of halogens is 3. The molecule has 0 radical (unpaired) electrons. The van der Waals surface area contributed by atoms with Gasteiger partial charge in [0.1, 0.15) is 0 Å². The third kappa shape index (κ3) is 4.47. The van der Waals surface area contributed by atoms with E-state index >= 15 is 0 Å². The van der Waals surface area contributed by atoms with Crippen LogP contribution in [0.25, 0.3) is 0 Å². The van der Waals surface area contributed by atoms with Crippen LogP contribution in [0.2, 0.25) is 0 Å². The Bertz CT molecular complexity index is 1200. The molecule has 2 atom stereocenters. The number of aromatic nitrogens is 2. The van der Waals surface area contributed by atoms with Gasteiger partial charge in [0, 0.05) is 25.2 Å². The van der Waals surface area contributed by atoms with Crippen LogP contribution in [0.5, 0.6) is 0 Å². The van der Waals surface area contributed by atoms with Crippen molar-refractivity contribution in [3.8, 4) is 0 Å². The summed E-state index contributed by atoms with van der Waals surface area (Å²) >= 11 is 0. The highest BCUT2D eigenvalue weighted by molar-refractivity contribution is 7.89. The summed E-state index contributed by atoms with van der Waals surface area (Å²) in [4.78, 5) is 11.0. The predicted octanol–water partition coefficient (Wildman–Crippen LogP) is 4.73. The number of fused-ring (bicyclic) bond motifs is 1. The van der Waals surface area contributed by atoms with Crippen molar-refractivity contribution in [2.24, 2.45) is 0 Å². The fraction of sp³-hybridized carbons (Fsp3) is 0.565. The molecule has 0 bridgehead atoms. The number of rotatable bonds is 6. The van der Waals surface area contributed by atoms with Crippen LogP contribution in [0.4, 0.5) is 13.2 Å². The molecular weight excluding hydrogens is 471 g/mol. The number of alkyl halides is 3. The maximum Gasteiger partial charge on any atom is 0.416 e. The molecule has 0 N–H and O–H groups in total. The molecule has 186 valence electrons. The summed E-state index contributed by atoms with van der Waals surface area (Å²) in [5, 5.41) is 4.31. The highest BCUT2D eigenvalue weighted by atomic mass is 32.2. The van der Waals surface area contributed by atoms with Gasteiger partial charge in [0.05, 0.1) is 22.7 Å². The second-order valence-corrected chi connectivity index (χ2v) is 11.4. The maximum atomic E-state index is 13.6. The van der Waals surface area contributed by atoms with Crippen LogP contribution in [0.3, 0.4) is 0 Å². The third-order valence-electron chi connectivity index (χ3n) is 6.91. The Morgan fingerprint density at radius 1 is 1.29 bits per heavy atom. The van der Waals surface area contributed by atoms with E-state index in [4.69, 9.17) is 4.74 Å². The number of esters is 1. The molecule has 0 amide bonds. The largest absolute Gasteiger partial charge is 0.440 e. The van der Waals surface area contributed by atoms with Gasteiger partial charge in [-0.15, -0.1) is 0 Å². The fourth-order valence-electron chi connectivity index (χ4n) is 4.61. The molecule has 2 aliphatic carbocycles. The van der Waals surface area contributed by atoms with Gasteiger partial charge in [0.2, 0.25) is 10.0 Å². The molecule has 2 aliphatic rings. The van der Waals surface area contributed by atoms with Gasteiger partial charge in [-0.05, 0) is 68.2 Å². The lowest BCUT2D eigenvalue weighted by atomic mass is 9.93. The number of nitrogens with zero attached hydrogens (tertiary/aromatic N) is 3. The van der Waals surface area contributed by atoms with E-state index in [1.165, 1.54) is 20.0 Å². The second-order valence-electron chi connectivity index (χ2n) is 9.43. The minimum atomic E-state index is -4.66. The van der Waals surface area contributed by atoms with Crippen LogP contribution in [-0.2, 0) is 37.6 Å². The van der Waals surface area contributed by atoms with Crippen molar-refractivity contribution in [2.45, 2.75) is 81.6 Å². The minimum Gasteiger partial charge on any atom is -0.440 e. The van der Waals surface area contributed by atoms with E-state index in [1.54, 1.807) is 17.8 Å². The summed E-state index contributed by atoms with van der Waals surface area (Å²) < 4.78 is 75.9. The first-order valence-corrected chi connectivity index (χ1v) is 12.6. The van der Waals surface area contributed by atoms with E-state index in [0.29, 0.717) is 30.4 Å². The summed E-state index contributed by atoms with van der Waals surface area (Å²) in [7, 11) is -2.85. The molecule has 11 heteroatoms. The zero-order valence-corrected chi connectivity index (χ0v) is 20.3. The Morgan fingerprint density at radius 3 is 2.56 bits per heavy atom. The second kappa shape index (κ2) is 8.37. The zero-order chi connectivity index (χ0) is 25.1. The molecule has 0 aliphatic heterocycles. The lowest BCUT2D eigenvalue weighted by molar-refractivity contribution is -0.150. The van der Waals surface area contributed by atoms with Crippen LogP contribution in [0.1, 0.15) is 81.1 Å². The van der Waals surface area contributed by atoms with Gasteiger partial charge in [-0.2, -0.15) is 22.6 Å². The average molecular weight is 500 g/mol. The van der Waals surface area contributed by atoms with Gasteiger partial charge in [-0.1, -0.05) is 6.92 Å². The number of hydrogen-bond acceptors (Lipinski definition) is 5. The van der Waals surface area contributed by atoms with Crippen molar-refractivity contribution in [3.05, 3.63) is 46.8 Å². The number of benzene rings is 1. The van der Waals surface area contributed by atoms with Gasteiger partial charge in [0.25, 0.3) is 0 Å². The van der Waals surface area contributed by atoms with Crippen LogP contribution in [0, 0.1) is 0 Å². The Kier molecular flexibility index (Phi) is 6.08. The lowest BCUT2D eigenvalue weighted by Crippen LogP contribution is -2.34. The molecule has 2 unspecified atom stereocenters. The van der Waals surface area contributed by atoms with Gasteiger partial charge in [0.15, 0.2) is 6.23 Å². The molecule has 7 nitrogen and oxygen atoms in total. The van der Waals surface area contributed by atoms with Crippen molar-refractivity contribution < 1.29 is 31.1 Å². The molecule has 1 heterocycles. The molecule has 0 spiro atoms. The van der Waals surface area contributed by atoms with Crippen LogP contribution >= 0.6 is 0 Å². The van der Waals surface area contributed by atoms with Crippen LogP contribution < -0.4 is 0 Å². The number of carbonyl (C=O) groups is 1. The number of ether oxygens (including phenoxy) is 1. The predicted molar refractivity (Wildman–Crippen MR) is 117 cm³/mol. The summed E-state index contributed by atoms with van der Waals surface area (Å²) in [5.41, 5.74) is 0.412. The first-order chi connectivity index (χ1) is 15.7. The molecule has 0 saturated heterocycles. The zero-order valence-electron chi connectivity index (χ0n) is 19.5. The molecule has 34 heavy (non-hydrogen) atoms. The van der Waals surface area contributed by atoms with E-state index in [-0.39, 0.29) is 4.90 Å². The van der Waals surface area contributed by atoms with Gasteiger partial charge < -0.3 is 4.74 Å². The van der Waals surface area contributed by atoms with Crippen molar-refractivity contribution >= 4 is 16.0 Å². The number of sulfonamides is 1. The standard InChI is InChI=1S/C23H28F3N3O4S/c1-14(33-15(2)30)29-21-7-5-6-20(19(21)13-27-29)28(4)34(31,32)18-11-16(22(3)8-9-22)10-17(12-18)23(24,25)26/h10-14,20H,5-9H2,1-4H3. The Hall–Kier alpha value is -2.40. The van der Waals surface area contributed by atoms with E-state index < -0.39 is 45.4 Å². The highest BCUT2D eigenvalue weighted by Crippen LogP contribution is 2.49. The first kappa shape index (κ1) is 24.7. The van der Waals surface area contributed by atoms with Crippen molar-refractivity contribution in [2.75, 3.05) is 7.05 Å². The van der Waals surface area contributed by atoms with Crippen molar-refractivity contribution in [3.63, 3.8) is 0 Å². The average Bonchev–Trinajstić information content (AvgIpc) is 3.35. The topological polar surface area (TPSA) is 81.5 Å². The van der Waals surface area contributed by atoms with Gasteiger partial charge >= 0.3 is 12.1 Å². The van der Waals surface area contributed by atoms with Crippen molar-refractivity contribution in [1.29, 1.82) is 0 Å². The smallest absolute Gasteiger partial charge is 0.416 e. The molecule has 1 aromatic heterocycles.